The fraction of sp³-hybridized carbons (Fsp3) is 0.162. The van der Waals surface area contributed by atoms with Crippen LogP contribution in [0.4, 0.5) is 22.7 Å². The van der Waals surface area contributed by atoms with Crippen LogP contribution in [0.15, 0.2) is 329 Å². The second-order valence-corrected chi connectivity index (χ2v) is 27.8. The predicted octanol–water partition coefficient (Wildman–Crippen LogP) is 21.0. The number of aliphatic hydroxyl groups excluding tert-OH is 2. The van der Waals surface area contributed by atoms with Crippen molar-refractivity contribution in [2.45, 2.75) is 78.9 Å². The number of aryl methyl sites for hydroxylation is 3. The van der Waals surface area contributed by atoms with E-state index in [4.69, 9.17) is 15.2 Å². The maximum atomic E-state index is 8.56. The van der Waals surface area contributed by atoms with Gasteiger partial charge in [-0.25, -0.2) is 0 Å². The van der Waals surface area contributed by atoms with Gasteiger partial charge in [-0.05, 0) is 125 Å². The van der Waals surface area contributed by atoms with Crippen LogP contribution in [0.1, 0.15) is 76.6 Å². The maximum Gasteiger partial charge on any atom is 0.0774 e. The molecule has 0 aliphatic carbocycles. The van der Waals surface area contributed by atoms with Gasteiger partial charge in [0, 0.05) is 227 Å². The van der Waals surface area contributed by atoms with Gasteiger partial charge >= 0.3 is 0 Å². The molecule has 7 radical (unpaired) electrons. The third-order valence-corrected chi connectivity index (χ3v) is 18.0. The van der Waals surface area contributed by atoms with Gasteiger partial charge in [-0.15, -0.1) is 161 Å². The van der Waals surface area contributed by atoms with Gasteiger partial charge in [0.25, 0.3) is 0 Å². The Morgan fingerprint density at radius 2 is 0.861 bits per heavy atom. The van der Waals surface area contributed by atoms with E-state index < -0.39 is 0 Å². The van der Waals surface area contributed by atoms with Crippen molar-refractivity contribution in [1.29, 1.82) is 0 Å². The molecule has 2 aliphatic heterocycles. The predicted molar refractivity (Wildman–Crippen MR) is 467 cm³/mol. The monoisotopic (exact) mass is 2860 g/mol. The summed E-state index contributed by atoms with van der Waals surface area (Å²) >= 11 is 0. The third-order valence-electron chi connectivity index (χ3n) is 18.0. The van der Waals surface area contributed by atoms with E-state index in [0.717, 1.165) is 85.0 Å². The van der Waals surface area contributed by atoms with E-state index in [1.165, 1.54) is 28.2 Å². The molecule has 2 N–H and O–H groups in total. The second-order valence-electron chi connectivity index (χ2n) is 27.8. The summed E-state index contributed by atoms with van der Waals surface area (Å²) in [5.74, 6) is 4.70. The molecule has 2 atom stereocenters. The molecule has 122 heavy (non-hydrogen) atoms. The normalized spacial score (nSPS) is 11.5. The van der Waals surface area contributed by atoms with Gasteiger partial charge in [0.1, 0.15) is 0 Å². The van der Waals surface area contributed by atoms with Crippen LogP contribution in [0.2, 0.25) is 0 Å². The van der Waals surface area contributed by atoms with E-state index >= 15 is 0 Å². The average Bonchev–Trinajstić information content (AvgIpc) is 1.38. The molecule has 0 saturated carbocycles. The van der Waals surface area contributed by atoms with Crippen molar-refractivity contribution in [3.05, 3.63) is 401 Å². The molecule has 11 aromatic carbocycles. The summed E-state index contributed by atoms with van der Waals surface area (Å²) in [6, 6.07) is 113. The number of anilines is 4. The Kier molecular flexibility index (Phi) is 47.3. The van der Waals surface area contributed by atoms with Crippen molar-refractivity contribution in [2.75, 3.05) is 28.8 Å². The number of para-hydroxylation sites is 9. The molecule has 7 heterocycles. The van der Waals surface area contributed by atoms with Crippen LogP contribution in [0.25, 0.3) is 73.6 Å². The molecule has 18 rings (SSSR count). The average molecular weight is 2860 g/mol. The number of nitrogens with zero attached hydrogens (tertiary/aromatic N) is 14. The molecule has 647 valence electrons. The van der Waals surface area contributed by atoms with Crippen LogP contribution < -0.4 is 14.7 Å². The van der Waals surface area contributed by atoms with Crippen LogP contribution in [-0.2, 0) is 155 Å². The number of aliphatic hydroxyl groups is 2. The topological polar surface area (TPSA) is 143 Å². The Morgan fingerprint density at radius 1 is 0.393 bits per heavy atom. The summed E-state index contributed by atoms with van der Waals surface area (Å²) in [5.41, 5.74) is 17.8. The summed E-state index contributed by atoms with van der Waals surface area (Å²) in [5, 5.41) is 21.2. The quantitative estimate of drug-likeness (QED) is 0.107. The van der Waals surface area contributed by atoms with E-state index in [0.29, 0.717) is 18.3 Å². The van der Waals surface area contributed by atoms with E-state index in [-0.39, 0.29) is 153 Å². The molecule has 0 bridgehead atoms. The van der Waals surface area contributed by atoms with E-state index in [2.05, 4.69) is 202 Å². The first-order valence-electron chi connectivity index (χ1n) is 38.3. The number of rotatable bonds is 13. The SMILES string of the molecule is CC(C)c1cccc(C(C)C)c1-n1ccnc1-c1[c-]cccc1.CC(O)CC(C)O.CN1C=CN(c2[c-]cccc2)[CH-]1.CN1[CH-]N(c2[c-]cccc2)c2ccccc21.Cc1cn(C)c(-c2[c-]cccc2)n1.Cn1ccnc1-c1[c-]cccc1.[Ir].[Ir].[Ir].[Ir].[Ir].[Ir].[Ir].[c-]1ccccc1-c1nc2ccccc2n1-c1ccccc1.[c-]1ccccc1-n1cccn1. The van der Waals surface area contributed by atoms with Gasteiger partial charge in [-0.3, -0.25) is 24.6 Å². The number of fused-ring (bicyclic) bond motifs is 2. The van der Waals surface area contributed by atoms with E-state index in [1.54, 1.807) is 30.9 Å². The standard InChI is InChI=1S/C21H23N2.C19H13N2.C14H12N2.C11H11N2.C10H10N2.C10H9N2.C9H7N2.C5H12O2.7Ir/c1-15(2)18-11-8-12-19(16(3)4)20(18)23-14-13-22-21(23)17-9-6-5-7-10-17;1-3-9-15(10-4-1)19-20-17-13-7-8-14-18(17)21(19)16-11-5-2-6-12-16;1-15-11-16(12-7-3-2-4-8-12)14-10-6-5-9-13(14)15;1-9-8-13(2)11(12-9)10-6-4-3-5-7-10;1-11-7-8-12(9-11)10-5-3-2-4-6-10;1-12-8-7-11-10(12)9-5-3-2-4-6-9;1-2-5-9(6-3-1)11-8-4-7-10-11;1-4(6)3-5(2)7;;;;;;;/h5-9,11-16H,1-4H3;1-9,11-14H;2-7,9-11H,1H3;3-6,8H,1-2H3;2-5,7-9H,1H3;2-5,7-8H,1H3;1-5,7-8H;4-7H,3H2,1-2H3;;;;;;;/q2*-1;-2;-1;-2;2*-1;;;;;;;;. The Bertz CT molecular complexity index is 5500. The fourth-order valence-corrected chi connectivity index (χ4v) is 12.7. The van der Waals surface area contributed by atoms with Gasteiger partial charge in [0.05, 0.1) is 46.5 Å². The van der Waals surface area contributed by atoms with Crippen LogP contribution in [0, 0.1) is 62.7 Å². The molecule has 2 unspecified atom stereocenters. The van der Waals surface area contributed by atoms with Gasteiger partial charge in [0.2, 0.25) is 0 Å². The Balaban J connectivity index is 0.000000296. The largest absolute Gasteiger partial charge is 0.510 e. The van der Waals surface area contributed by atoms with Crippen LogP contribution in [0.3, 0.4) is 0 Å². The first-order valence-corrected chi connectivity index (χ1v) is 38.3. The fourth-order valence-electron chi connectivity index (χ4n) is 12.7. The molecule has 16 aromatic rings. The van der Waals surface area contributed by atoms with Crippen molar-refractivity contribution in [3.8, 4) is 62.6 Å². The van der Waals surface area contributed by atoms with Crippen LogP contribution in [-0.4, -0.2) is 89.4 Å². The molecule has 0 fully saturated rings. The minimum Gasteiger partial charge on any atom is -0.510 e. The van der Waals surface area contributed by atoms with Crippen molar-refractivity contribution in [3.63, 3.8) is 0 Å². The molecule has 0 amide bonds. The molecule has 5 aromatic heterocycles. The van der Waals surface area contributed by atoms with Crippen molar-refractivity contribution < 1.29 is 151 Å². The zero-order valence-electron chi connectivity index (χ0n) is 69.3. The van der Waals surface area contributed by atoms with Crippen molar-refractivity contribution in [1.82, 2.24) is 52.9 Å². The van der Waals surface area contributed by atoms with Crippen LogP contribution in [0.5, 0.6) is 0 Å². The summed E-state index contributed by atoms with van der Waals surface area (Å²) in [7, 11) is 8.03. The molecular weight excluding hydrogens is 2760 g/mol. The van der Waals surface area contributed by atoms with Gasteiger partial charge < -0.3 is 48.1 Å². The third kappa shape index (κ3) is 30.2. The minimum absolute atomic E-state index is 0. The van der Waals surface area contributed by atoms with E-state index in [1.807, 2.05) is 291 Å². The van der Waals surface area contributed by atoms with Gasteiger partial charge in [0.15, 0.2) is 0 Å². The Hall–Kier alpha value is -8.86. The maximum absolute atomic E-state index is 8.56. The first kappa shape index (κ1) is 105. The summed E-state index contributed by atoms with van der Waals surface area (Å²) < 4.78 is 10.2. The molecule has 0 spiro atoms. The van der Waals surface area contributed by atoms with Crippen molar-refractivity contribution >= 4 is 33.8 Å². The molecule has 16 nitrogen and oxygen atoms in total. The zero-order chi connectivity index (χ0) is 80.8. The van der Waals surface area contributed by atoms with Gasteiger partial charge in [-0.2, -0.15) is 103 Å². The Morgan fingerprint density at radius 3 is 1.32 bits per heavy atom. The first-order chi connectivity index (χ1) is 56.0. The molecule has 0 saturated heterocycles. The number of hydrogen-bond acceptors (Lipinski definition) is 11. The summed E-state index contributed by atoms with van der Waals surface area (Å²) in [4.78, 5) is 26.3. The molecule has 23 heteroatoms. The molecule has 2 aliphatic rings. The van der Waals surface area contributed by atoms with E-state index in [9.17, 15) is 0 Å². The second kappa shape index (κ2) is 54.7. The Labute approximate surface area is 815 Å². The summed E-state index contributed by atoms with van der Waals surface area (Å²) in [6.45, 7) is 18.4. The zero-order valence-corrected chi connectivity index (χ0v) is 86.1. The number of imidazole rings is 4. The van der Waals surface area contributed by atoms with Gasteiger partial charge in [-0.1, -0.05) is 88.4 Å². The minimum atomic E-state index is -0.375. The number of aromatic nitrogens is 10. The number of benzene rings is 11. The van der Waals surface area contributed by atoms with Crippen molar-refractivity contribution in [2.24, 2.45) is 14.1 Å². The number of hydrogen-bond donors (Lipinski definition) is 2. The smallest absolute Gasteiger partial charge is 0.0774 e. The van der Waals surface area contributed by atoms with Crippen LogP contribution >= 0.6 is 0 Å². The summed E-state index contributed by atoms with van der Waals surface area (Å²) in [6.07, 6.45) is 17.0. The molecular formula is C99H97Ir7N14O2-9.